The molecule has 2 heterocycles. The van der Waals surface area contributed by atoms with Gasteiger partial charge in [-0.3, -0.25) is 19.8 Å². The lowest BCUT2D eigenvalue weighted by Crippen LogP contribution is -2.23. The van der Waals surface area contributed by atoms with Crippen molar-refractivity contribution in [3.8, 4) is 10.4 Å². The van der Waals surface area contributed by atoms with Crippen LogP contribution in [0.5, 0.6) is 0 Å². The number of thiophene rings is 1. The minimum Gasteiger partial charge on any atom is -0.447 e. The van der Waals surface area contributed by atoms with E-state index in [4.69, 9.17) is 4.74 Å². The molecular weight excluding hydrogens is 404 g/mol. The molecule has 0 N–H and O–H groups in total. The van der Waals surface area contributed by atoms with Crippen LogP contribution in [0.3, 0.4) is 0 Å². The quantitative estimate of drug-likeness (QED) is 0.237. The molecule has 1 saturated heterocycles. The predicted molar refractivity (Wildman–Crippen MR) is 115 cm³/mol. The molecule has 8 heteroatoms. The Morgan fingerprint density at radius 1 is 1.13 bits per heavy atom. The summed E-state index contributed by atoms with van der Waals surface area (Å²) in [5, 5.41) is 11.2. The molecule has 1 amide bonds. The van der Waals surface area contributed by atoms with Gasteiger partial charge in [0.05, 0.1) is 17.0 Å². The number of hydrogen-bond donors (Lipinski definition) is 0. The van der Waals surface area contributed by atoms with Crippen LogP contribution < -0.4 is 4.90 Å². The Bertz CT molecular complexity index is 1170. The molecule has 1 aliphatic rings. The van der Waals surface area contributed by atoms with Crippen molar-refractivity contribution in [2.45, 2.75) is 0 Å². The zero-order valence-corrected chi connectivity index (χ0v) is 16.5. The first-order chi connectivity index (χ1) is 14.5. The van der Waals surface area contributed by atoms with Gasteiger partial charge in [0.1, 0.15) is 6.61 Å². The van der Waals surface area contributed by atoms with Gasteiger partial charge in [-0.1, -0.05) is 24.3 Å². The largest absolute Gasteiger partial charge is 0.447 e. The average Bonchev–Trinajstić information content (AvgIpc) is 3.41. The highest BCUT2D eigenvalue weighted by molar-refractivity contribution is 7.16. The standard InChI is InChI=1S/C22H16N2O5S/c25-20(15-4-3-5-16(14-15)23-12-13-29-22(23)26)10-8-17-9-11-21(30-17)18-6-1-2-7-19(18)24(27)28/h1-11,14H,12-13H2. The van der Waals surface area contributed by atoms with Crippen LogP contribution in [0.2, 0.25) is 0 Å². The Labute approximate surface area is 176 Å². The van der Waals surface area contributed by atoms with Crippen molar-refractivity contribution in [3.63, 3.8) is 0 Å². The molecule has 0 radical (unpaired) electrons. The van der Waals surface area contributed by atoms with Crippen molar-refractivity contribution in [1.82, 2.24) is 0 Å². The summed E-state index contributed by atoms with van der Waals surface area (Å²) in [6.07, 6.45) is 2.72. The van der Waals surface area contributed by atoms with Gasteiger partial charge in [-0.15, -0.1) is 11.3 Å². The highest BCUT2D eigenvalue weighted by Crippen LogP contribution is 2.35. The monoisotopic (exact) mass is 420 g/mol. The minimum atomic E-state index is -0.420. The molecule has 0 aliphatic carbocycles. The van der Waals surface area contributed by atoms with Gasteiger partial charge in [-0.25, -0.2) is 4.79 Å². The fourth-order valence-corrected chi connectivity index (χ4v) is 4.08. The number of rotatable bonds is 6. The second-order valence-corrected chi connectivity index (χ2v) is 7.61. The van der Waals surface area contributed by atoms with Gasteiger partial charge in [0.25, 0.3) is 5.69 Å². The molecule has 1 aliphatic heterocycles. The number of para-hydroxylation sites is 1. The van der Waals surface area contributed by atoms with Crippen molar-refractivity contribution in [2.75, 3.05) is 18.1 Å². The Morgan fingerprint density at radius 3 is 2.73 bits per heavy atom. The summed E-state index contributed by atoms with van der Waals surface area (Å²) in [5.74, 6) is -0.204. The number of cyclic esters (lactones) is 1. The van der Waals surface area contributed by atoms with E-state index >= 15 is 0 Å². The van der Waals surface area contributed by atoms with Crippen LogP contribution >= 0.6 is 11.3 Å². The highest BCUT2D eigenvalue weighted by atomic mass is 32.1. The molecule has 1 fully saturated rings. The molecule has 0 bridgehead atoms. The van der Waals surface area contributed by atoms with E-state index in [1.54, 1.807) is 54.6 Å². The van der Waals surface area contributed by atoms with E-state index in [2.05, 4.69) is 0 Å². The summed E-state index contributed by atoms with van der Waals surface area (Å²) in [6, 6.07) is 17.0. The average molecular weight is 420 g/mol. The lowest BCUT2D eigenvalue weighted by Gasteiger charge is -2.13. The maximum atomic E-state index is 12.6. The number of nitro groups is 1. The van der Waals surface area contributed by atoms with Crippen LogP contribution in [0, 0.1) is 10.1 Å². The van der Waals surface area contributed by atoms with E-state index in [1.807, 2.05) is 6.07 Å². The topological polar surface area (TPSA) is 89.8 Å². The molecule has 7 nitrogen and oxygen atoms in total. The third kappa shape index (κ3) is 3.99. The van der Waals surface area contributed by atoms with Crippen LogP contribution in [0.1, 0.15) is 15.2 Å². The summed E-state index contributed by atoms with van der Waals surface area (Å²) in [7, 11) is 0. The smallest absolute Gasteiger partial charge is 0.414 e. The van der Waals surface area contributed by atoms with Gasteiger partial charge in [-0.2, -0.15) is 0 Å². The minimum absolute atomic E-state index is 0.0446. The number of allylic oxidation sites excluding steroid dienone is 1. The first-order valence-corrected chi connectivity index (χ1v) is 9.95. The van der Waals surface area contributed by atoms with E-state index in [1.165, 1.54) is 28.4 Å². The lowest BCUT2D eigenvalue weighted by molar-refractivity contribution is -0.384. The number of hydrogen-bond acceptors (Lipinski definition) is 6. The second-order valence-electron chi connectivity index (χ2n) is 6.49. The van der Waals surface area contributed by atoms with Crippen molar-refractivity contribution in [3.05, 3.63) is 87.3 Å². The molecule has 150 valence electrons. The van der Waals surface area contributed by atoms with Gasteiger partial charge >= 0.3 is 6.09 Å². The van der Waals surface area contributed by atoms with Gasteiger partial charge in [0.15, 0.2) is 5.78 Å². The summed E-state index contributed by atoms with van der Waals surface area (Å²) in [6.45, 7) is 0.785. The van der Waals surface area contributed by atoms with E-state index in [0.717, 1.165) is 9.75 Å². The fourth-order valence-electron chi connectivity index (χ4n) is 3.14. The SMILES string of the molecule is O=C(C=Cc1ccc(-c2ccccc2[N+](=O)[O-])s1)c1cccc(N2CCOC2=O)c1. The van der Waals surface area contributed by atoms with Crippen molar-refractivity contribution in [1.29, 1.82) is 0 Å². The van der Waals surface area contributed by atoms with E-state index in [-0.39, 0.29) is 11.5 Å². The Morgan fingerprint density at radius 2 is 1.97 bits per heavy atom. The zero-order valence-electron chi connectivity index (χ0n) is 15.7. The van der Waals surface area contributed by atoms with Gasteiger partial charge < -0.3 is 4.74 Å². The lowest BCUT2D eigenvalue weighted by atomic mass is 10.1. The number of ether oxygens (including phenoxy) is 1. The third-order valence-corrected chi connectivity index (χ3v) is 5.68. The number of nitro benzene ring substituents is 1. The maximum absolute atomic E-state index is 12.6. The van der Waals surface area contributed by atoms with E-state index in [0.29, 0.717) is 30.0 Å². The molecule has 0 spiro atoms. The maximum Gasteiger partial charge on any atom is 0.414 e. The van der Waals surface area contributed by atoms with Crippen LogP contribution in [-0.2, 0) is 4.74 Å². The summed E-state index contributed by atoms with van der Waals surface area (Å²) in [4.78, 5) is 38.2. The number of ketones is 1. The number of amides is 1. The zero-order chi connectivity index (χ0) is 21.1. The summed E-state index contributed by atoms with van der Waals surface area (Å²) >= 11 is 1.37. The van der Waals surface area contributed by atoms with Gasteiger partial charge in [0, 0.05) is 27.1 Å². The van der Waals surface area contributed by atoms with Crippen molar-refractivity contribution < 1.29 is 19.2 Å². The molecule has 0 saturated carbocycles. The molecule has 30 heavy (non-hydrogen) atoms. The number of carbonyl (C=O) groups excluding carboxylic acids is 2. The molecule has 0 atom stereocenters. The van der Waals surface area contributed by atoms with Crippen molar-refractivity contribution >= 4 is 40.7 Å². The molecule has 1 aromatic heterocycles. The Hall–Kier alpha value is -3.78. The van der Waals surface area contributed by atoms with E-state index < -0.39 is 11.0 Å². The third-order valence-electron chi connectivity index (χ3n) is 4.60. The number of benzene rings is 2. The number of carbonyl (C=O) groups is 2. The molecule has 4 rings (SSSR count). The summed E-state index contributed by atoms with van der Waals surface area (Å²) in [5.41, 5.74) is 1.66. The fraction of sp³-hybridized carbons (Fsp3) is 0.0909. The van der Waals surface area contributed by atoms with Crippen LogP contribution in [0.4, 0.5) is 16.2 Å². The van der Waals surface area contributed by atoms with Crippen LogP contribution in [0.15, 0.2) is 66.7 Å². The first-order valence-electron chi connectivity index (χ1n) is 9.13. The van der Waals surface area contributed by atoms with E-state index in [9.17, 15) is 19.7 Å². The Kier molecular flexibility index (Phi) is 5.40. The summed E-state index contributed by atoms with van der Waals surface area (Å²) < 4.78 is 4.93. The predicted octanol–water partition coefficient (Wildman–Crippen LogP) is 5.18. The second kappa shape index (κ2) is 8.30. The normalized spacial score (nSPS) is 13.6. The van der Waals surface area contributed by atoms with Crippen molar-refractivity contribution in [2.24, 2.45) is 0 Å². The van der Waals surface area contributed by atoms with Gasteiger partial charge in [0.2, 0.25) is 0 Å². The Balaban J connectivity index is 1.52. The number of nitrogens with zero attached hydrogens (tertiary/aromatic N) is 2. The molecule has 2 aromatic carbocycles. The highest BCUT2D eigenvalue weighted by Gasteiger charge is 2.23. The number of anilines is 1. The molecule has 0 unspecified atom stereocenters. The molecule has 3 aromatic rings. The van der Waals surface area contributed by atoms with Crippen LogP contribution in [0.25, 0.3) is 16.5 Å². The van der Waals surface area contributed by atoms with Crippen LogP contribution in [-0.4, -0.2) is 30.0 Å². The first kappa shape index (κ1) is 19.5. The van der Waals surface area contributed by atoms with Gasteiger partial charge in [-0.05, 0) is 42.5 Å². The molecular formula is C22H16N2O5S.